The van der Waals surface area contributed by atoms with Gasteiger partial charge in [0.1, 0.15) is 0 Å². The first kappa shape index (κ1) is 20.2. The first-order chi connectivity index (χ1) is 14.0. The average molecular weight is 460 g/mol. The van der Waals surface area contributed by atoms with E-state index >= 15 is 0 Å². The molecule has 29 heavy (non-hydrogen) atoms. The second kappa shape index (κ2) is 8.71. The predicted molar refractivity (Wildman–Crippen MR) is 121 cm³/mol. The molecule has 0 saturated heterocycles. The number of ketones is 1. The number of carbonyl (C=O) groups excluding carboxylic acids is 1. The molecule has 0 spiro atoms. The van der Waals surface area contributed by atoms with Crippen molar-refractivity contribution in [2.45, 2.75) is 12.1 Å². The number of hydrogen-bond donors (Lipinski definition) is 0. The van der Waals surface area contributed by atoms with Gasteiger partial charge in [-0.2, -0.15) is 0 Å². The quantitative estimate of drug-likeness (QED) is 0.241. The van der Waals surface area contributed by atoms with Crippen molar-refractivity contribution >= 4 is 52.1 Å². The maximum Gasteiger partial charge on any atom is 0.196 e. The lowest BCUT2D eigenvalue weighted by Crippen LogP contribution is -2.05. The maximum absolute atomic E-state index is 12.6. The number of nitrogens with zero attached hydrogens (tertiary/aromatic N) is 3. The first-order valence-corrected chi connectivity index (χ1v) is 11.3. The number of carbonyl (C=O) groups is 1. The number of rotatable bonds is 6. The lowest BCUT2D eigenvalue weighted by Gasteiger charge is -2.10. The Morgan fingerprint density at radius 3 is 2.55 bits per heavy atom. The molecule has 0 saturated carbocycles. The van der Waals surface area contributed by atoms with Gasteiger partial charge in [-0.3, -0.25) is 9.36 Å². The van der Waals surface area contributed by atoms with Crippen LogP contribution in [0.4, 0.5) is 0 Å². The zero-order valence-electron chi connectivity index (χ0n) is 15.3. The SMILES string of the molecule is Cc1ccc(-n2c(SCC(=O)c3ccc(Cl)c(Cl)c3)nnc2-c2cccs2)cc1. The normalized spacial score (nSPS) is 11.0. The third-order valence-electron chi connectivity index (χ3n) is 4.24. The monoisotopic (exact) mass is 459 g/mol. The van der Waals surface area contributed by atoms with E-state index in [-0.39, 0.29) is 11.5 Å². The van der Waals surface area contributed by atoms with Crippen LogP contribution in [0.3, 0.4) is 0 Å². The summed E-state index contributed by atoms with van der Waals surface area (Å²) in [7, 11) is 0. The van der Waals surface area contributed by atoms with Gasteiger partial charge in [-0.15, -0.1) is 21.5 Å². The number of halogens is 2. The third kappa shape index (κ3) is 4.41. The summed E-state index contributed by atoms with van der Waals surface area (Å²) in [6.45, 7) is 2.04. The topological polar surface area (TPSA) is 47.8 Å². The Bertz CT molecular complexity index is 1160. The van der Waals surface area contributed by atoms with Crippen molar-refractivity contribution in [3.05, 3.63) is 81.1 Å². The average Bonchev–Trinajstić information content (AvgIpc) is 3.38. The molecule has 0 aliphatic heterocycles. The number of aryl methyl sites for hydroxylation is 1. The molecule has 0 fully saturated rings. The van der Waals surface area contributed by atoms with E-state index in [1.54, 1.807) is 29.5 Å². The molecule has 0 aliphatic rings. The summed E-state index contributed by atoms with van der Waals surface area (Å²) in [5.74, 6) is 0.921. The predicted octanol–water partition coefficient (Wildman–Crippen LogP) is 6.59. The molecule has 0 aliphatic carbocycles. The lowest BCUT2D eigenvalue weighted by atomic mass is 10.1. The fraction of sp³-hybridized carbons (Fsp3) is 0.0952. The van der Waals surface area contributed by atoms with Gasteiger partial charge in [-0.1, -0.05) is 58.7 Å². The number of thiophene rings is 1. The van der Waals surface area contributed by atoms with E-state index in [0.29, 0.717) is 20.8 Å². The van der Waals surface area contributed by atoms with E-state index in [2.05, 4.69) is 10.2 Å². The number of hydrogen-bond acceptors (Lipinski definition) is 5. The highest BCUT2D eigenvalue weighted by atomic mass is 35.5. The van der Waals surface area contributed by atoms with E-state index in [9.17, 15) is 4.79 Å². The van der Waals surface area contributed by atoms with Gasteiger partial charge in [0.2, 0.25) is 0 Å². The van der Waals surface area contributed by atoms with Crippen LogP contribution in [0.2, 0.25) is 10.0 Å². The van der Waals surface area contributed by atoms with Crippen LogP contribution in [0, 0.1) is 6.92 Å². The third-order valence-corrected chi connectivity index (χ3v) is 6.77. The van der Waals surface area contributed by atoms with Crippen LogP contribution in [0.1, 0.15) is 15.9 Å². The summed E-state index contributed by atoms with van der Waals surface area (Å²) in [5.41, 5.74) is 2.64. The Morgan fingerprint density at radius 2 is 1.86 bits per heavy atom. The molecule has 0 amide bonds. The molecule has 4 rings (SSSR count). The van der Waals surface area contributed by atoms with E-state index in [0.717, 1.165) is 16.4 Å². The van der Waals surface area contributed by atoms with Crippen LogP contribution >= 0.6 is 46.3 Å². The molecule has 2 aromatic carbocycles. The highest BCUT2D eigenvalue weighted by Crippen LogP contribution is 2.31. The zero-order chi connectivity index (χ0) is 20.4. The minimum atomic E-state index is -0.0512. The van der Waals surface area contributed by atoms with Crippen molar-refractivity contribution in [2.75, 3.05) is 5.75 Å². The van der Waals surface area contributed by atoms with Gasteiger partial charge in [-0.05, 0) is 48.7 Å². The largest absolute Gasteiger partial charge is 0.293 e. The number of Topliss-reactive ketones (excluding diaryl/α,β-unsaturated/α-hetero) is 1. The van der Waals surface area contributed by atoms with Gasteiger partial charge in [0.25, 0.3) is 0 Å². The standard InChI is InChI=1S/C21H15Cl2N3OS2/c1-13-4-7-15(8-5-13)26-20(19-3-2-10-28-19)24-25-21(26)29-12-18(27)14-6-9-16(22)17(23)11-14/h2-11H,12H2,1H3. The zero-order valence-corrected chi connectivity index (χ0v) is 18.4. The second-order valence-corrected chi connectivity index (χ2v) is 9.00. The van der Waals surface area contributed by atoms with Gasteiger partial charge in [-0.25, -0.2) is 0 Å². The van der Waals surface area contributed by atoms with Gasteiger partial charge >= 0.3 is 0 Å². The highest BCUT2D eigenvalue weighted by molar-refractivity contribution is 7.99. The fourth-order valence-corrected chi connectivity index (χ4v) is 4.58. The smallest absolute Gasteiger partial charge is 0.196 e. The highest BCUT2D eigenvalue weighted by Gasteiger charge is 2.18. The molecule has 0 unspecified atom stereocenters. The van der Waals surface area contributed by atoms with Crippen LogP contribution in [0.5, 0.6) is 0 Å². The number of aromatic nitrogens is 3. The Balaban J connectivity index is 1.64. The molecular formula is C21H15Cl2N3OS2. The van der Waals surface area contributed by atoms with Crippen LogP contribution in [-0.2, 0) is 0 Å². The molecule has 8 heteroatoms. The molecule has 0 bridgehead atoms. The fourth-order valence-electron chi connectivity index (χ4n) is 2.74. The Kier molecular flexibility index (Phi) is 6.06. The van der Waals surface area contributed by atoms with E-state index in [1.807, 2.05) is 53.3 Å². The van der Waals surface area contributed by atoms with Crippen molar-refractivity contribution in [1.29, 1.82) is 0 Å². The molecule has 0 N–H and O–H groups in total. The van der Waals surface area contributed by atoms with Gasteiger partial charge < -0.3 is 0 Å². The summed E-state index contributed by atoms with van der Waals surface area (Å²) >= 11 is 14.9. The number of thioether (sulfide) groups is 1. The molecule has 2 heterocycles. The van der Waals surface area contributed by atoms with Gasteiger partial charge in [0.05, 0.1) is 20.7 Å². The van der Waals surface area contributed by atoms with Crippen molar-refractivity contribution < 1.29 is 4.79 Å². The van der Waals surface area contributed by atoms with Crippen molar-refractivity contribution in [2.24, 2.45) is 0 Å². The van der Waals surface area contributed by atoms with E-state index in [4.69, 9.17) is 23.2 Å². The molecule has 146 valence electrons. The summed E-state index contributed by atoms with van der Waals surface area (Å²) in [6, 6.07) is 17.0. The maximum atomic E-state index is 12.6. The molecule has 0 radical (unpaired) electrons. The summed E-state index contributed by atoms with van der Waals surface area (Å²) in [4.78, 5) is 13.6. The summed E-state index contributed by atoms with van der Waals surface area (Å²) in [5, 5.41) is 12.2. The Labute approximate surface area is 186 Å². The molecular weight excluding hydrogens is 445 g/mol. The molecule has 2 aromatic heterocycles. The molecule has 4 aromatic rings. The second-order valence-electron chi connectivity index (χ2n) is 6.30. The van der Waals surface area contributed by atoms with Gasteiger partial charge in [0, 0.05) is 11.3 Å². The summed E-state index contributed by atoms with van der Waals surface area (Å²) < 4.78 is 1.98. The van der Waals surface area contributed by atoms with Crippen molar-refractivity contribution in [3.8, 4) is 16.4 Å². The van der Waals surface area contributed by atoms with E-state index < -0.39 is 0 Å². The minimum absolute atomic E-state index is 0.0512. The van der Waals surface area contributed by atoms with Crippen molar-refractivity contribution in [1.82, 2.24) is 14.8 Å². The Hall–Kier alpha value is -2.12. The van der Waals surface area contributed by atoms with Crippen LogP contribution in [0.25, 0.3) is 16.4 Å². The number of benzene rings is 2. The molecule has 0 atom stereocenters. The Morgan fingerprint density at radius 1 is 1.07 bits per heavy atom. The molecule has 4 nitrogen and oxygen atoms in total. The van der Waals surface area contributed by atoms with Crippen LogP contribution in [0.15, 0.2) is 65.1 Å². The van der Waals surface area contributed by atoms with Gasteiger partial charge in [0.15, 0.2) is 16.8 Å². The van der Waals surface area contributed by atoms with E-state index in [1.165, 1.54) is 17.3 Å². The first-order valence-electron chi connectivity index (χ1n) is 8.70. The minimum Gasteiger partial charge on any atom is -0.293 e. The van der Waals surface area contributed by atoms with Crippen molar-refractivity contribution in [3.63, 3.8) is 0 Å². The lowest BCUT2D eigenvalue weighted by molar-refractivity contribution is 0.102. The van der Waals surface area contributed by atoms with Crippen LogP contribution in [-0.4, -0.2) is 26.3 Å². The summed E-state index contributed by atoms with van der Waals surface area (Å²) in [6.07, 6.45) is 0. The van der Waals surface area contributed by atoms with Crippen LogP contribution < -0.4 is 0 Å².